The lowest BCUT2D eigenvalue weighted by Gasteiger charge is -2.04. The molecule has 0 saturated heterocycles. The smallest absolute Gasteiger partial charge is 0.354 e. The maximum absolute atomic E-state index is 11.5. The van der Waals surface area contributed by atoms with Crippen LogP contribution in [-0.2, 0) is 0 Å². The van der Waals surface area contributed by atoms with Crippen molar-refractivity contribution in [2.45, 2.75) is 0 Å². The van der Waals surface area contributed by atoms with Gasteiger partial charge in [0.15, 0.2) is 5.69 Å². The first-order valence-corrected chi connectivity index (χ1v) is 7.22. The van der Waals surface area contributed by atoms with Gasteiger partial charge in [-0.25, -0.2) is 9.48 Å². The Bertz CT molecular complexity index is 930. The average Bonchev–Trinajstić information content (AvgIpc) is 3.07. The molecule has 0 aliphatic carbocycles. The first-order valence-electron chi connectivity index (χ1n) is 7.22. The number of hydrogen-bond donors (Lipinski definition) is 1. The van der Waals surface area contributed by atoms with E-state index in [0.717, 1.165) is 5.56 Å². The van der Waals surface area contributed by atoms with Gasteiger partial charge >= 0.3 is 5.97 Å². The Kier molecular flexibility index (Phi) is 4.17. The Morgan fingerprint density at radius 2 is 1.80 bits per heavy atom. The molecule has 0 atom stereocenters. The molecule has 8 heteroatoms. The largest absolute Gasteiger partial charge is 0.497 e. The number of rotatable bonds is 5. The summed E-state index contributed by atoms with van der Waals surface area (Å²) in [4.78, 5) is 21.8. The molecule has 0 aliphatic heterocycles. The molecule has 1 aromatic heterocycles. The minimum atomic E-state index is -1.15. The van der Waals surface area contributed by atoms with Gasteiger partial charge in [0, 0.05) is 17.7 Å². The second-order valence-corrected chi connectivity index (χ2v) is 5.13. The van der Waals surface area contributed by atoms with Crippen LogP contribution in [0.4, 0.5) is 5.69 Å². The molecule has 0 fully saturated rings. The van der Waals surface area contributed by atoms with Crippen molar-refractivity contribution in [2.75, 3.05) is 7.11 Å². The van der Waals surface area contributed by atoms with Crippen molar-refractivity contribution in [2.24, 2.45) is 0 Å². The fourth-order valence-electron chi connectivity index (χ4n) is 2.35. The summed E-state index contributed by atoms with van der Waals surface area (Å²) in [5.41, 5.74) is 1.49. The summed E-state index contributed by atoms with van der Waals surface area (Å²) < 4.78 is 6.34. The molecule has 0 radical (unpaired) electrons. The lowest BCUT2D eigenvalue weighted by Crippen LogP contribution is -2.07. The number of benzene rings is 2. The van der Waals surface area contributed by atoms with Gasteiger partial charge in [-0.05, 0) is 42.5 Å². The van der Waals surface area contributed by atoms with E-state index in [0.29, 0.717) is 17.1 Å². The van der Waals surface area contributed by atoms with Crippen molar-refractivity contribution in [3.05, 3.63) is 70.4 Å². The number of nitrogens with zero attached hydrogens (tertiary/aromatic N) is 3. The van der Waals surface area contributed by atoms with E-state index in [4.69, 9.17) is 4.74 Å². The van der Waals surface area contributed by atoms with Crippen LogP contribution in [0.2, 0.25) is 0 Å². The number of carboxylic acids is 1. The molecular formula is C17H13N3O5. The molecule has 25 heavy (non-hydrogen) atoms. The van der Waals surface area contributed by atoms with Gasteiger partial charge in [0.2, 0.25) is 0 Å². The van der Waals surface area contributed by atoms with E-state index in [-0.39, 0.29) is 11.4 Å². The van der Waals surface area contributed by atoms with Gasteiger partial charge in [-0.15, -0.1) is 0 Å². The number of aromatic carboxylic acids is 1. The van der Waals surface area contributed by atoms with Gasteiger partial charge in [0.25, 0.3) is 5.69 Å². The van der Waals surface area contributed by atoms with Crippen molar-refractivity contribution in [1.29, 1.82) is 0 Å². The van der Waals surface area contributed by atoms with Crippen LogP contribution in [0.5, 0.6) is 5.75 Å². The van der Waals surface area contributed by atoms with Crippen LogP contribution in [0.15, 0.2) is 54.6 Å². The van der Waals surface area contributed by atoms with Crippen LogP contribution in [0.3, 0.4) is 0 Å². The standard InChI is InChI=1S/C17H13N3O5/c1-25-14-8-2-11(3-9-14)15-10-16(17(21)22)19(18-15)12-4-6-13(7-5-12)20(23)24/h2-10H,1H3,(H,21,22). The fraction of sp³-hybridized carbons (Fsp3) is 0.0588. The maximum atomic E-state index is 11.5. The highest BCUT2D eigenvalue weighted by atomic mass is 16.6. The summed E-state index contributed by atoms with van der Waals surface area (Å²) in [6.45, 7) is 0. The molecule has 8 nitrogen and oxygen atoms in total. The van der Waals surface area contributed by atoms with Gasteiger partial charge in [-0.2, -0.15) is 5.10 Å². The first kappa shape index (κ1) is 16.2. The Morgan fingerprint density at radius 1 is 1.16 bits per heavy atom. The summed E-state index contributed by atoms with van der Waals surface area (Å²) in [5, 5.41) is 24.5. The number of aromatic nitrogens is 2. The highest BCUT2D eigenvalue weighted by molar-refractivity contribution is 5.88. The third kappa shape index (κ3) is 3.18. The van der Waals surface area contributed by atoms with Gasteiger partial charge < -0.3 is 9.84 Å². The SMILES string of the molecule is COc1ccc(-c2cc(C(=O)O)n(-c3ccc([N+](=O)[O-])cc3)n2)cc1. The summed E-state index contributed by atoms with van der Waals surface area (Å²) in [6, 6.07) is 14.0. The van der Waals surface area contributed by atoms with Crippen LogP contribution >= 0.6 is 0 Å². The molecule has 3 aromatic rings. The van der Waals surface area contributed by atoms with Crippen LogP contribution in [-0.4, -0.2) is 32.9 Å². The monoisotopic (exact) mass is 339 g/mol. The van der Waals surface area contributed by atoms with Crippen LogP contribution in [0.1, 0.15) is 10.5 Å². The van der Waals surface area contributed by atoms with Gasteiger partial charge in [0.05, 0.1) is 23.4 Å². The van der Waals surface area contributed by atoms with E-state index in [2.05, 4.69) is 5.10 Å². The lowest BCUT2D eigenvalue weighted by molar-refractivity contribution is -0.384. The summed E-state index contributed by atoms with van der Waals surface area (Å²) in [7, 11) is 1.56. The quantitative estimate of drug-likeness (QED) is 0.565. The van der Waals surface area contributed by atoms with E-state index in [1.807, 2.05) is 0 Å². The fourth-order valence-corrected chi connectivity index (χ4v) is 2.35. The Labute approximate surface area is 142 Å². The van der Waals surface area contributed by atoms with E-state index in [1.165, 1.54) is 35.0 Å². The predicted molar refractivity (Wildman–Crippen MR) is 89.2 cm³/mol. The van der Waals surface area contributed by atoms with Crippen molar-refractivity contribution in [3.8, 4) is 22.7 Å². The van der Waals surface area contributed by atoms with Crippen LogP contribution in [0.25, 0.3) is 16.9 Å². The molecule has 0 amide bonds. The number of nitro benzene ring substituents is 1. The van der Waals surface area contributed by atoms with E-state index in [1.54, 1.807) is 31.4 Å². The highest BCUT2D eigenvalue weighted by Crippen LogP contribution is 2.24. The first-order chi connectivity index (χ1) is 12.0. The number of methoxy groups -OCH3 is 1. The zero-order valence-electron chi connectivity index (χ0n) is 13.1. The molecule has 1 heterocycles. The normalized spacial score (nSPS) is 10.4. The van der Waals surface area contributed by atoms with E-state index in [9.17, 15) is 20.0 Å². The van der Waals surface area contributed by atoms with Crippen LogP contribution in [0, 0.1) is 10.1 Å². The third-order valence-corrected chi connectivity index (χ3v) is 3.62. The molecule has 126 valence electrons. The highest BCUT2D eigenvalue weighted by Gasteiger charge is 2.17. The van der Waals surface area contributed by atoms with Crippen LogP contribution < -0.4 is 4.74 Å². The minimum Gasteiger partial charge on any atom is -0.497 e. The maximum Gasteiger partial charge on any atom is 0.354 e. The van der Waals surface area contributed by atoms with E-state index >= 15 is 0 Å². The number of hydrogen-bond acceptors (Lipinski definition) is 5. The molecular weight excluding hydrogens is 326 g/mol. The van der Waals surface area contributed by atoms with Gasteiger partial charge in [-0.3, -0.25) is 10.1 Å². The molecule has 0 unspecified atom stereocenters. The summed E-state index contributed by atoms with van der Waals surface area (Å²) in [5.74, 6) is -0.470. The van der Waals surface area contributed by atoms with E-state index < -0.39 is 10.9 Å². The van der Waals surface area contributed by atoms with Crippen molar-refractivity contribution in [1.82, 2.24) is 9.78 Å². The number of nitro groups is 1. The van der Waals surface area contributed by atoms with Crippen molar-refractivity contribution >= 4 is 11.7 Å². The Morgan fingerprint density at radius 3 is 2.32 bits per heavy atom. The molecule has 0 spiro atoms. The van der Waals surface area contributed by atoms with Crippen molar-refractivity contribution in [3.63, 3.8) is 0 Å². The molecule has 1 N–H and O–H groups in total. The average molecular weight is 339 g/mol. The van der Waals surface area contributed by atoms with Gasteiger partial charge in [0.1, 0.15) is 5.75 Å². The minimum absolute atomic E-state index is 0.0420. The zero-order chi connectivity index (χ0) is 18.0. The predicted octanol–water partition coefficient (Wildman–Crippen LogP) is 3.15. The summed E-state index contributed by atoms with van der Waals surface area (Å²) in [6.07, 6.45) is 0. The molecule has 0 saturated carbocycles. The zero-order valence-corrected chi connectivity index (χ0v) is 13.1. The molecule has 0 bridgehead atoms. The number of carboxylic acid groups (broad SMARTS) is 1. The topological polar surface area (TPSA) is 107 Å². The Hall–Kier alpha value is -3.68. The number of carbonyl (C=O) groups is 1. The second-order valence-electron chi connectivity index (χ2n) is 5.13. The lowest BCUT2D eigenvalue weighted by atomic mass is 10.1. The molecule has 3 rings (SSSR count). The molecule has 0 aliphatic rings. The second kappa shape index (κ2) is 6.44. The number of ether oxygens (including phenoxy) is 1. The molecule has 2 aromatic carbocycles. The van der Waals surface area contributed by atoms with Crippen molar-refractivity contribution < 1.29 is 19.6 Å². The number of non-ortho nitro benzene ring substituents is 1. The summed E-state index contributed by atoms with van der Waals surface area (Å²) >= 11 is 0. The Balaban J connectivity index is 2.05. The van der Waals surface area contributed by atoms with Gasteiger partial charge in [-0.1, -0.05) is 0 Å². The third-order valence-electron chi connectivity index (χ3n) is 3.62.